The van der Waals surface area contributed by atoms with Crippen LogP contribution in [0.15, 0.2) is 168 Å². The van der Waals surface area contributed by atoms with Crippen LogP contribution >= 0.6 is 56.8 Å². The summed E-state index contributed by atoms with van der Waals surface area (Å²) in [5.41, 5.74) is 10.9. The van der Waals surface area contributed by atoms with Gasteiger partial charge in [0.2, 0.25) is 0 Å². The number of halogens is 2. The van der Waals surface area contributed by atoms with Gasteiger partial charge in [-0.15, -0.1) is 0 Å². The molecule has 0 atom stereocenters. The van der Waals surface area contributed by atoms with E-state index in [1.807, 2.05) is 23.6 Å². The van der Waals surface area contributed by atoms with Crippen molar-refractivity contribution >= 4 is 101 Å². The van der Waals surface area contributed by atoms with Crippen LogP contribution in [0.5, 0.6) is 0 Å². The summed E-state index contributed by atoms with van der Waals surface area (Å²) >= 11 is 0. The van der Waals surface area contributed by atoms with Crippen LogP contribution in [0, 0.1) is 74.8 Å². The molecule has 0 saturated heterocycles. The van der Waals surface area contributed by atoms with E-state index in [2.05, 4.69) is 101 Å². The van der Waals surface area contributed by atoms with Crippen molar-refractivity contribution < 1.29 is 101 Å². The molecule has 378 valence electrons. The van der Waals surface area contributed by atoms with E-state index in [1.54, 1.807) is 165 Å². The average molecular weight is 1440 g/mol. The van der Waals surface area contributed by atoms with Crippen molar-refractivity contribution in [2.75, 3.05) is 12.5 Å². The van der Waals surface area contributed by atoms with Crippen molar-refractivity contribution in [3.63, 3.8) is 0 Å². The monoisotopic (exact) mass is 1440 g/mol. The van der Waals surface area contributed by atoms with Crippen molar-refractivity contribution in [1.82, 2.24) is 0 Å². The van der Waals surface area contributed by atoms with E-state index in [-0.39, 0.29) is 44.8 Å². The molecular formula is C48H54Au2Cl2N2O8P2S4-4. The summed E-state index contributed by atoms with van der Waals surface area (Å²) in [5.74, 6) is 0. The molecule has 2 radical (unpaired) electrons. The molecule has 0 aliphatic heterocycles. The Balaban J connectivity index is 0.000000458. The predicted octanol–water partition coefficient (Wildman–Crippen LogP) is 7.15. The molecule has 0 spiro atoms. The quantitative estimate of drug-likeness (QED) is 0.0269. The molecule has 0 amide bonds. The Labute approximate surface area is 454 Å². The van der Waals surface area contributed by atoms with Crippen LogP contribution in [0.25, 0.3) is 0 Å². The van der Waals surface area contributed by atoms with Gasteiger partial charge in [-0.25, -0.2) is 9.98 Å². The standard InChI is InChI=1S/2C14H14ClO4P.2C10H13NS2.2Au/c2*1-20(2,19-15(16,17)18,13-9-5-3-6-10-13)14-11-7-4-8-12-14;2*1-8-4-9(2)6-10(5-8)11-7-13-12-3;;/h2*3-12H,1-2H2;2*4-7H,1-3H3;;/q2*-2;;;;. The summed E-state index contributed by atoms with van der Waals surface area (Å²) in [5, 5.41) is 1.93. The van der Waals surface area contributed by atoms with Crippen LogP contribution in [-0.4, -0.2) is 23.6 Å². The van der Waals surface area contributed by atoms with Gasteiger partial charge in [-0.1, -0.05) is 33.7 Å². The van der Waals surface area contributed by atoms with Gasteiger partial charge in [-0.05, 0) is 108 Å². The van der Waals surface area contributed by atoms with E-state index in [0.717, 1.165) is 11.4 Å². The van der Waals surface area contributed by atoms with Gasteiger partial charge in [0.25, 0.3) is 0 Å². The third-order valence-corrected chi connectivity index (χ3v) is 21.5. The fourth-order valence-electron chi connectivity index (χ4n) is 6.26. The molecule has 6 aromatic carbocycles. The van der Waals surface area contributed by atoms with E-state index in [1.165, 1.54) is 22.3 Å². The molecule has 0 N–H and O–H groups in total. The number of aryl methyl sites for hydroxylation is 4. The van der Waals surface area contributed by atoms with Crippen LogP contribution < -0.4 is 49.2 Å². The molecule has 0 aliphatic carbocycles. The van der Waals surface area contributed by atoms with E-state index in [4.69, 9.17) is 8.15 Å². The van der Waals surface area contributed by atoms with Gasteiger partial charge in [0.15, 0.2) is 0 Å². The molecule has 20 heteroatoms. The van der Waals surface area contributed by atoms with Gasteiger partial charge in [0.1, 0.15) is 0 Å². The molecular weight excluding hydrogens is 1390 g/mol. The second-order valence-electron chi connectivity index (χ2n) is 14.7. The van der Waals surface area contributed by atoms with Crippen LogP contribution in [0.4, 0.5) is 11.4 Å². The molecule has 0 heterocycles. The van der Waals surface area contributed by atoms with Crippen molar-refractivity contribution in [3.8, 4) is 0 Å². The van der Waals surface area contributed by atoms with E-state index >= 15 is 0 Å². The topological polar surface area (TPSA) is 182 Å². The van der Waals surface area contributed by atoms with E-state index < -0.39 is 34.1 Å². The van der Waals surface area contributed by atoms with Crippen LogP contribution in [0.3, 0.4) is 0 Å². The molecule has 0 aliphatic rings. The Morgan fingerprint density at radius 3 is 0.838 bits per heavy atom. The Kier molecular flexibility index (Phi) is 27.9. The maximum atomic E-state index is 11.1. The van der Waals surface area contributed by atoms with Crippen molar-refractivity contribution in [2.24, 2.45) is 9.98 Å². The average Bonchev–Trinajstić information content (AvgIpc) is 3.24. The second-order valence-corrected chi connectivity index (χ2v) is 29.7. The number of hydrogen-bond acceptors (Lipinski definition) is 14. The third-order valence-electron chi connectivity index (χ3n) is 9.02. The minimum absolute atomic E-state index is 0. The summed E-state index contributed by atoms with van der Waals surface area (Å²) < 4.78 is 76.6. The first kappa shape index (κ1) is 64.7. The molecule has 0 aromatic heterocycles. The Bertz CT molecular complexity index is 2180. The fourth-order valence-corrected chi connectivity index (χ4v) is 16.1. The summed E-state index contributed by atoms with van der Waals surface area (Å²) in [4.78, 5) is 8.67. The fraction of sp³-hybridized carbons (Fsp3) is 0.125. The minimum atomic E-state index is -4.66. The summed E-state index contributed by atoms with van der Waals surface area (Å²) in [6, 6.07) is 46.7. The third kappa shape index (κ3) is 21.4. The molecule has 0 fully saturated rings. The zero-order valence-corrected chi connectivity index (χ0v) is 48.9. The van der Waals surface area contributed by atoms with Crippen LogP contribution in [-0.2, 0) is 52.9 Å². The number of benzene rings is 6. The number of nitrogens with zero attached hydrogens (tertiary/aromatic N) is 2. The van der Waals surface area contributed by atoms with Crippen molar-refractivity contribution in [1.29, 1.82) is 0 Å². The van der Waals surface area contributed by atoms with Gasteiger partial charge in [-0.3, -0.25) is 0 Å². The first-order valence-electron chi connectivity index (χ1n) is 19.5. The first-order valence-corrected chi connectivity index (χ1v) is 32.2. The maximum absolute atomic E-state index is 11.1. The molecule has 68 heavy (non-hydrogen) atoms. The van der Waals surface area contributed by atoms with Gasteiger partial charge in [-0.2, -0.15) is 0 Å². The molecule has 6 aromatic rings. The second kappa shape index (κ2) is 29.4. The zero-order valence-electron chi connectivity index (χ0n) is 38.0. The van der Waals surface area contributed by atoms with Gasteiger partial charge in [0, 0.05) is 44.8 Å². The SMILES string of the molecule is CSSC=Nc1cc(C)cc(C)c1.CSSC=Nc1cc(C)cc(C)c1.[Au].[Au].[CH2-]P([CH2-])(O[Cl+3]([O-])([O-])[O-])(c1ccccc1)c1ccccc1.[CH2-]P([CH2-])(O[Cl+3]([O-])([O-])[O-])(c1ccccc1)c1ccccc1. The van der Waals surface area contributed by atoms with Crippen molar-refractivity contribution in [3.05, 3.63) is 207 Å². The van der Waals surface area contributed by atoms with E-state index in [9.17, 15) is 28.0 Å². The Morgan fingerprint density at radius 2 is 0.647 bits per heavy atom. The zero-order chi connectivity index (χ0) is 49.1. The molecule has 0 saturated carbocycles. The number of rotatable bonds is 14. The van der Waals surface area contributed by atoms with Gasteiger partial charge < -0.3 is 0 Å². The van der Waals surface area contributed by atoms with E-state index in [0.29, 0.717) is 21.2 Å². The molecule has 0 unspecified atom stereocenters. The normalized spacial score (nSPS) is 12.8. The summed E-state index contributed by atoms with van der Waals surface area (Å²) in [6.45, 7) is 16.0. The van der Waals surface area contributed by atoms with Gasteiger partial charge in [0.05, 0.1) is 22.5 Å². The Morgan fingerprint density at radius 1 is 0.426 bits per heavy atom. The first-order chi connectivity index (χ1) is 30.9. The Hall–Kier alpha value is -1.34. The summed E-state index contributed by atoms with van der Waals surface area (Å²) in [7, 11) is -2.64. The number of aliphatic imine (C=N–C) groups is 2. The van der Waals surface area contributed by atoms with Crippen molar-refractivity contribution in [2.45, 2.75) is 27.7 Å². The molecule has 6 rings (SSSR count). The number of hydrogen-bond donors (Lipinski definition) is 0. The summed E-state index contributed by atoms with van der Waals surface area (Å²) in [6.07, 6.45) is 4.08. The predicted molar refractivity (Wildman–Crippen MR) is 272 cm³/mol. The molecule has 0 bridgehead atoms. The van der Waals surface area contributed by atoms with Gasteiger partial charge >= 0.3 is 239 Å². The van der Waals surface area contributed by atoms with Crippen LogP contribution in [0.2, 0.25) is 0 Å². The molecule has 10 nitrogen and oxygen atoms in total. The van der Waals surface area contributed by atoms with Crippen LogP contribution in [0.1, 0.15) is 22.3 Å².